The highest BCUT2D eigenvalue weighted by Gasteiger charge is 1.97. The lowest BCUT2D eigenvalue weighted by Gasteiger charge is -2.01. The Morgan fingerprint density at radius 2 is 2.36 bits per heavy atom. The van der Waals surface area contributed by atoms with Crippen molar-refractivity contribution in [1.29, 1.82) is 0 Å². The van der Waals surface area contributed by atoms with Crippen LogP contribution in [0, 0.1) is 0 Å². The van der Waals surface area contributed by atoms with Crippen molar-refractivity contribution < 1.29 is 0 Å². The van der Waals surface area contributed by atoms with Gasteiger partial charge in [-0.15, -0.1) is 10.2 Å². The molecule has 14 heavy (non-hydrogen) atoms. The average molecular weight is 191 g/mol. The van der Waals surface area contributed by atoms with E-state index in [1.54, 1.807) is 18.3 Å². The van der Waals surface area contributed by atoms with Crippen molar-refractivity contribution in [2.45, 2.75) is 6.54 Å². The van der Waals surface area contributed by atoms with Gasteiger partial charge in [0.05, 0.1) is 18.4 Å². The summed E-state index contributed by atoms with van der Waals surface area (Å²) in [5, 5.41) is 16.4. The molecule has 0 aliphatic rings. The van der Waals surface area contributed by atoms with Gasteiger partial charge in [0.25, 0.3) is 0 Å². The van der Waals surface area contributed by atoms with E-state index in [1.807, 2.05) is 0 Å². The van der Waals surface area contributed by atoms with Crippen molar-refractivity contribution in [2.75, 3.05) is 11.1 Å². The highest BCUT2D eigenvalue weighted by atomic mass is 15.5. The quantitative estimate of drug-likeness (QED) is 0.619. The molecule has 0 fully saturated rings. The van der Waals surface area contributed by atoms with Crippen LogP contribution in [0.15, 0.2) is 18.3 Å². The van der Waals surface area contributed by atoms with Crippen LogP contribution in [-0.2, 0) is 6.54 Å². The highest BCUT2D eigenvalue weighted by Crippen LogP contribution is 2.06. The average Bonchev–Trinajstić information content (AvgIpc) is 2.70. The summed E-state index contributed by atoms with van der Waals surface area (Å²) in [7, 11) is 0. The Morgan fingerprint density at radius 1 is 1.43 bits per heavy atom. The first-order valence-electron chi connectivity index (χ1n) is 4.02. The van der Waals surface area contributed by atoms with Crippen molar-refractivity contribution in [3.63, 3.8) is 0 Å². The number of pyridine rings is 1. The number of nitrogens with zero attached hydrogens (tertiary/aromatic N) is 4. The largest absolute Gasteiger partial charge is 0.397 e. The van der Waals surface area contributed by atoms with Gasteiger partial charge in [0.1, 0.15) is 5.82 Å². The Hall–Kier alpha value is -2.18. The summed E-state index contributed by atoms with van der Waals surface area (Å²) in [5.41, 5.74) is 6.12. The third-order valence-electron chi connectivity index (χ3n) is 1.60. The number of hydrogen-bond donors (Lipinski definition) is 3. The van der Waals surface area contributed by atoms with Crippen LogP contribution < -0.4 is 11.1 Å². The molecule has 0 spiro atoms. The Bertz CT molecular complexity index is 379. The van der Waals surface area contributed by atoms with E-state index in [-0.39, 0.29) is 0 Å². The summed E-state index contributed by atoms with van der Waals surface area (Å²) in [4.78, 5) is 4.06. The Balaban J connectivity index is 1.95. The molecule has 7 heteroatoms. The minimum Gasteiger partial charge on any atom is -0.397 e. The molecule has 0 amide bonds. The number of H-pyrrole nitrogens is 1. The van der Waals surface area contributed by atoms with Crippen LogP contribution >= 0.6 is 0 Å². The number of nitrogens with two attached hydrogens (primary N) is 1. The predicted octanol–water partition coefficient (Wildman–Crippen LogP) is -0.211. The molecule has 0 bridgehead atoms. The molecule has 0 radical (unpaired) electrons. The predicted molar refractivity (Wildman–Crippen MR) is 50.2 cm³/mol. The number of rotatable bonds is 3. The fourth-order valence-corrected chi connectivity index (χ4v) is 0.937. The lowest BCUT2D eigenvalue weighted by molar-refractivity contribution is 0.881. The minimum atomic E-state index is 0.480. The van der Waals surface area contributed by atoms with Crippen LogP contribution in [0.2, 0.25) is 0 Å². The zero-order valence-electron chi connectivity index (χ0n) is 7.31. The maximum absolute atomic E-state index is 5.49. The molecule has 7 nitrogen and oxygen atoms in total. The van der Waals surface area contributed by atoms with E-state index in [0.717, 1.165) is 5.82 Å². The van der Waals surface area contributed by atoms with E-state index < -0.39 is 0 Å². The van der Waals surface area contributed by atoms with Crippen molar-refractivity contribution >= 4 is 11.5 Å². The highest BCUT2D eigenvalue weighted by molar-refractivity contribution is 5.43. The minimum absolute atomic E-state index is 0.480. The van der Waals surface area contributed by atoms with Gasteiger partial charge in [0.15, 0.2) is 5.82 Å². The molecule has 2 rings (SSSR count). The number of tetrazole rings is 1. The zero-order chi connectivity index (χ0) is 9.80. The van der Waals surface area contributed by atoms with Gasteiger partial charge in [-0.05, 0) is 12.1 Å². The molecule has 72 valence electrons. The Labute approximate surface area is 79.7 Å². The second-order valence-electron chi connectivity index (χ2n) is 2.66. The molecular formula is C7H9N7. The summed E-state index contributed by atoms with van der Waals surface area (Å²) >= 11 is 0. The van der Waals surface area contributed by atoms with Crippen LogP contribution in [0.5, 0.6) is 0 Å². The van der Waals surface area contributed by atoms with E-state index in [2.05, 4.69) is 30.9 Å². The molecular weight excluding hydrogens is 182 g/mol. The Morgan fingerprint density at radius 3 is 3.00 bits per heavy atom. The van der Waals surface area contributed by atoms with Gasteiger partial charge < -0.3 is 11.1 Å². The third-order valence-corrected chi connectivity index (χ3v) is 1.60. The zero-order valence-corrected chi connectivity index (χ0v) is 7.31. The summed E-state index contributed by atoms with van der Waals surface area (Å²) < 4.78 is 0. The number of nitrogens with one attached hydrogen (secondary N) is 2. The smallest absolute Gasteiger partial charge is 0.193 e. The first-order valence-corrected chi connectivity index (χ1v) is 4.02. The van der Waals surface area contributed by atoms with Crippen LogP contribution in [0.1, 0.15) is 5.82 Å². The van der Waals surface area contributed by atoms with E-state index in [9.17, 15) is 0 Å². The van der Waals surface area contributed by atoms with Gasteiger partial charge >= 0.3 is 0 Å². The second kappa shape index (κ2) is 3.69. The molecule has 2 aromatic rings. The maximum atomic E-state index is 5.49. The lowest BCUT2D eigenvalue weighted by Crippen LogP contribution is -2.03. The maximum Gasteiger partial charge on any atom is 0.193 e. The van der Waals surface area contributed by atoms with Gasteiger partial charge in [-0.25, -0.2) is 4.98 Å². The number of aromatic nitrogens is 5. The molecule has 0 aromatic carbocycles. The summed E-state index contributed by atoms with van der Waals surface area (Å²) in [6.45, 7) is 0.480. The number of nitrogen functional groups attached to an aromatic ring is 1. The molecule has 0 aliphatic carbocycles. The van der Waals surface area contributed by atoms with E-state index in [0.29, 0.717) is 18.1 Å². The normalized spacial score (nSPS) is 10.0. The van der Waals surface area contributed by atoms with Crippen LogP contribution in [0.25, 0.3) is 0 Å². The molecule has 0 atom stereocenters. The summed E-state index contributed by atoms with van der Waals surface area (Å²) in [6.07, 6.45) is 1.58. The van der Waals surface area contributed by atoms with E-state index in [4.69, 9.17) is 5.73 Å². The van der Waals surface area contributed by atoms with Crippen molar-refractivity contribution in [3.8, 4) is 0 Å². The topological polar surface area (TPSA) is 105 Å². The molecule has 0 saturated heterocycles. The van der Waals surface area contributed by atoms with Crippen LogP contribution in [0.3, 0.4) is 0 Å². The standard InChI is InChI=1S/C7H9N7/c8-5-1-2-6(9-3-5)10-4-7-11-13-14-12-7/h1-3H,4,8H2,(H,9,10)(H,11,12,13,14). The van der Waals surface area contributed by atoms with Gasteiger partial charge in [0, 0.05) is 0 Å². The van der Waals surface area contributed by atoms with Crippen molar-refractivity contribution in [1.82, 2.24) is 25.6 Å². The molecule has 2 heterocycles. The fraction of sp³-hybridized carbons (Fsp3) is 0.143. The first kappa shape index (κ1) is 8.42. The first-order chi connectivity index (χ1) is 6.84. The lowest BCUT2D eigenvalue weighted by atomic mass is 10.4. The fourth-order valence-electron chi connectivity index (χ4n) is 0.937. The molecule has 0 saturated carbocycles. The van der Waals surface area contributed by atoms with Gasteiger partial charge in [-0.2, -0.15) is 5.21 Å². The molecule has 2 aromatic heterocycles. The van der Waals surface area contributed by atoms with Crippen molar-refractivity contribution in [3.05, 3.63) is 24.2 Å². The Kier molecular flexibility index (Phi) is 2.22. The van der Waals surface area contributed by atoms with Gasteiger partial charge in [-0.3, -0.25) is 0 Å². The molecule has 0 unspecified atom stereocenters. The third kappa shape index (κ3) is 1.94. The number of aromatic amines is 1. The van der Waals surface area contributed by atoms with Gasteiger partial charge in [0.2, 0.25) is 0 Å². The van der Waals surface area contributed by atoms with Crippen LogP contribution in [-0.4, -0.2) is 25.6 Å². The van der Waals surface area contributed by atoms with E-state index in [1.165, 1.54) is 0 Å². The monoisotopic (exact) mass is 191 g/mol. The van der Waals surface area contributed by atoms with Gasteiger partial charge in [-0.1, -0.05) is 5.21 Å². The van der Waals surface area contributed by atoms with Crippen molar-refractivity contribution in [2.24, 2.45) is 0 Å². The van der Waals surface area contributed by atoms with E-state index >= 15 is 0 Å². The number of anilines is 2. The molecule has 4 N–H and O–H groups in total. The SMILES string of the molecule is Nc1ccc(NCc2nn[nH]n2)nc1. The van der Waals surface area contributed by atoms with Crippen LogP contribution in [0.4, 0.5) is 11.5 Å². The molecule has 0 aliphatic heterocycles. The number of hydrogen-bond acceptors (Lipinski definition) is 6. The second-order valence-corrected chi connectivity index (χ2v) is 2.66. The summed E-state index contributed by atoms with van der Waals surface area (Å²) in [6, 6.07) is 3.56. The summed E-state index contributed by atoms with van der Waals surface area (Å²) in [5.74, 6) is 1.31.